The molecule has 2 N–H and O–H groups in total. The Balaban J connectivity index is 1.54. The first-order chi connectivity index (χ1) is 16.3. The molecular weight excluding hydrogens is 439 g/mol. The number of piperazine rings is 1. The fraction of sp³-hybridized carbons (Fsp3) is 0.348. The van der Waals surface area contributed by atoms with E-state index in [1.54, 1.807) is 19.2 Å². The highest BCUT2D eigenvalue weighted by atomic mass is 19.1. The second-order valence-electron chi connectivity index (χ2n) is 8.58. The van der Waals surface area contributed by atoms with Crippen LogP contribution in [0.3, 0.4) is 0 Å². The maximum Gasteiger partial charge on any atom is 0.316 e. The summed E-state index contributed by atoms with van der Waals surface area (Å²) in [5.41, 5.74) is 2.08. The summed E-state index contributed by atoms with van der Waals surface area (Å²) in [5, 5.41) is 11.1. The topological polar surface area (TPSA) is 110 Å². The van der Waals surface area contributed by atoms with Crippen LogP contribution in [0.4, 0.5) is 15.8 Å². The Morgan fingerprint density at radius 3 is 2.74 bits per heavy atom. The summed E-state index contributed by atoms with van der Waals surface area (Å²) < 4.78 is 21.0. The van der Waals surface area contributed by atoms with E-state index in [1.165, 1.54) is 23.9 Å². The van der Waals surface area contributed by atoms with Gasteiger partial charge in [-0.05, 0) is 32.9 Å². The van der Waals surface area contributed by atoms with Gasteiger partial charge in [0.25, 0.3) is 5.91 Å². The third-order valence-electron chi connectivity index (χ3n) is 5.78. The maximum absolute atomic E-state index is 14.5. The summed E-state index contributed by atoms with van der Waals surface area (Å²) in [6, 6.07) is 5.63. The molecule has 5 rings (SSSR count). The number of methoxy groups -OCH3 is 1. The Morgan fingerprint density at radius 1 is 1.24 bits per heavy atom. The van der Waals surface area contributed by atoms with Crippen LogP contribution >= 0.6 is 0 Å². The molecule has 176 valence electrons. The van der Waals surface area contributed by atoms with Crippen LogP contribution in [0.1, 0.15) is 30.0 Å². The van der Waals surface area contributed by atoms with Crippen LogP contribution in [-0.2, 0) is 0 Å². The molecule has 1 saturated heterocycles. The van der Waals surface area contributed by atoms with Crippen molar-refractivity contribution in [1.29, 1.82) is 0 Å². The van der Waals surface area contributed by atoms with Gasteiger partial charge in [0.2, 0.25) is 0 Å². The summed E-state index contributed by atoms with van der Waals surface area (Å²) in [7, 11) is 1.47. The van der Waals surface area contributed by atoms with E-state index in [0.29, 0.717) is 29.0 Å². The number of fused-ring (bicyclic) bond motifs is 2. The van der Waals surface area contributed by atoms with E-state index < -0.39 is 11.7 Å². The van der Waals surface area contributed by atoms with Crippen LogP contribution in [0.25, 0.3) is 16.6 Å². The van der Waals surface area contributed by atoms with E-state index in [9.17, 15) is 9.18 Å². The molecular formula is C23H25FN8O2. The molecule has 1 amide bonds. The third kappa shape index (κ3) is 3.98. The summed E-state index contributed by atoms with van der Waals surface area (Å²) in [4.78, 5) is 28.3. The number of ether oxygens (including phenoxy) is 1. The molecule has 0 bridgehead atoms. The average molecular weight is 465 g/mol. The molecule has 2 unspecified atom stereocenters. The van der Waals surface area contributed by atoms with Crippen molar-refractivity contribution < 1.29 is 13.9 Å². The Kier molecular flexibility index (Phi) is 5.48. The molecule has 0 aliphatic carbocycles. The molecule has 0 saturated carbocycles. The molecule has 1 fully saturated rings. The van der Waals surface area contributed by atoms with Crippen molar-refractivity contribution in [1.82, 2.24) is 29.9 Å². The molecule has 11 heteroatoms. The van der Waals surface area contributed by atoms with Crippen LogP contribution in [0.2, 0.25) is 0 Å². The molecule has 1 aliphatic heterocycles. The smallest absolute Gasteiger partial charge is 0.316 e. The van der Waals surface area contributed by atoms with Gasteiger partial charge in [0.15, 0.2) is 11.5 Å². The van der Waals surface area contributed by atoms with Crippen molar-refractivity contribution >= 4 is 33.8 Å². The highest BCUT2D eigenvalue weighted by Gasteiger charge is 2.25. The van der Waals surface area contributed by atoms with Crippen LogP contribution in [0.5, 0.6) is 6.01 Å². The number of carbonyl (C=O) groups excluding carboxylic acids is 1. The van der Waals surface area contributed by atoms with Crippen molar-refractivity contribution in [2.45, 2.75) is 32.9 Å². The second kappa shape index (κ2) is 8.49. The zero-order chi connectivity index (χ0) is 24.0. The molecule has 4 aromatic rings. The van der Waals surface area contributed by atoms with E-state index in [4.69, 9.17) is 4.74 Å². The van der Waals surface area contributed by atoms with Gasteiger partial charge >= 0.3 is 6.01 Å². The van der Waals surface area contributed by atoms with E-state index in [2.05, 4.69) is 49.4 Å². The summed E-state index contributed by atoms with van der Waals surface area (Å²) in [5.74, 6) is -0.580. The number of carbonyl (C=O) groups is 1. The second-order valence-corrected chi connectivity index (χ2v) is 8.58. The van der Waals surface area contributed by atoms with Gasteiger partial charge in [-0.3, -0.25) is 4.79 Å². The van der Waals surface area contributed by atoms with Gasteiger partial charge in [-0.1, -0.05) is 0 Å². The lowest BCUT2D eigenvalue weighted by Gasteiger charge is -2.38. The molecule has 0 spiro atoms. The number of anilines is 2. The molecule has 10 nitrogen and oxygen atoms in total. The number of amides is 1. The number of hydrogen-bond donors (Lipinski definition) is 2. The monoisotopic (exact) mass is 464 g/mol. The third-order valence-corrected chi connectivity index (χ3v) is 5.78. The van der Waals surface area contributed by atoms with Gasteiger partial charge in [0.05, 0.1) is 30.1 Å². The minimum absolute atomic E-state index is 0.0993. The zero-order valence-electron chi connectivity index (χ0n) is 19.3. The molecule has 1 aromatic carbocycles. The van der Waals surface area contributed by atoms with Crippen LogP contribution in [0, 0.1) is 12.7 Å². The lowest BCUT2D eigenvalue weighted by Crippen LogP contribution is -2.54. The molecule has 2 atom stereocenters. The van der Waals surface area contributed by atoms with Crippen LogP contribution < -0.4 is 20.3 Å². The number of halogens is 1. The fourth-order valence-electron chi connectivity index (χ4n) is 4.49. The van der Waals surface area contributed by atoms with Gasteiger partial charge in [0.1, 0.15) is 5.82 Å². The highest BCUT2D eigenvalue weighted by molar-refractivity contribution is 6.13. The van der Waals surface area contributed by atoms with E-state index in [-0.39, 0.29) is 17.3 Å². The molecule has 3 aromatic heterocycles. The Bertz CT molecular complexity index is 1400. The number of nitrogens with one attached hydrogen (secondary N) is 2. The standard InChI is InChI=1S/C23H25FN8O2/c1-12-9-31(10-13(2)26-12)19-6-5-16(20-17(19)8-25-23(29-20)34-4)22(33)28-15-7-18(24)21-27-14(3)30-32(21)11-15/h5-8,11-13,26H,9-10H2,1-4H3,(H,28,33). The number of benzene rings is 1. The molecule has 0 radical (unpaired) electrons. The SMILES string of the molecule is COc1ncc2c(N3CC(C)NC(C)C3)ccc(C(=O)Nc3cc(F)c4nc(C)nn4c3)c2n1. The molecule has 4 heterocycles. The van der Waals surface area contributed by atoms with Crippen molar-refractivity contribution in [3.63, 3.8) is 0 Å². The number of aryl methyl sites for hydroxylation is 1. The number of hydrogen-bond acceptors (Lipinski definition) is 8. The average Bonchev–Trinajstić information content (AvgIpc) is 3.18. The van der Waals surface area contributed by atoms with Crippen LogP contribution in [0.15, 0.2) is 30.6 Å². The number of rotatable bonds is 4. The Morgan fingerprint density at radius 2 is 2.00 bits per heavy atom. The van der Waals surface area contributed by atoms with E-state index >= 15 is 0 Å². The summed E-state index contributed by atoms with van der Waals surface area (Å²) in [6.45, 7) is 7.57. The first-order valence-corrected chi connectivity index (χ1v) is 11.0. The van der Waals surface area contributed by atoms with E-state index in [0.717, 1.165) is 24.2 Å². The minimum atomic E-state index is -0.579. The van der Waals surface area contributed by atoms with Crippen LogP contribution in [-0.4, -0.2) is 62.8 Å². The summed E-state index contributed by atoms with van der Waals surface area (Å²) >= 11 is 0. The summed E-state index contributed by atoms with van der Waals surface area (Å²) in [6.07, 6.45) is 3.19. The van der Waals surface area contributed by atoms with Gasteiger partial charge in [0, 0.05) is 48.5 Å². The van der Waals surface area contributed by atoms with Gasteiger partial charge < -0.3 is 20.3 Å². The first kappa shape index (κ1) is 22.0. The first-order valence-electron chi connectivity index (χ1n) is 11.0. The largest absolute Gasteiger partial charge is 0.467 e. The number of nitrogens with zero attached hydrogens (tertiary/aromatic N) is 6. The number of pyridine rings is 1. The molecule has 34 heavy (non-hydrogen) atoms. The fourth-order valence-corrected chi connectivity index (χ4v) is 4.49. The Hall–Kier alpha value is -3.86. The predicted octanol–water partition coefficient (Wildman–Crippen LogP) is 2.57. The minimum Gasteiger partial charge on any atom is -0.467 e. The predicted molar refractivity (Wildman–Crippen MR) is 126 cm³/mol. The normalized spacial score (nSPS) is 18.4. The zero-order valence-corrected chi connectivity index (χ0v) is 19.3. The van der Waals surface area contributed by atoms with Gasteiger partial charge in [-0.25, -0.2) is 18.9 Å². The lowest BCUT2D eigenvalue weighted by molar-refractivity contribution is 0.102. The number of aromatic nitrogens is 5. The van der Waals surface area contributed by atoms with Gasteiger partial charge in [-0.2, -0.15) is 10.1 Å². The van der Waals surface area contributed by atoms with Crippen molar-refractivity contribution in [3.05, 3.63) is 47.8 Å². The maximum atomic E-state index is 14.5. The van der Waals surface area contributed by atoms with Gasteiger partial charge in [-0.15, -0.1) is 0 Å². The van der Waals surface area contributed by atoms with Crippen molar-refractivity contribution in [2.75, 3.05) is 30.4 Å². The molecule has 1 aliphatic rings. The Labute approximate surface area is 195 Å². The van der Waals surface area contributed by atoms with Crippen molar-refractivity contribution in [3.8, 4) is 6.01 Å². The van der Waals surface area contributed by atoms with Crippen molar-refractivity contribution in [2.24, 2.45) is 0 Å². The lowest BCUT2D eigenvalue weighted by atomic mass is 10.0. The van der Waals surface area contributed by atoms with E-state index in [1.807, 2.05) is 6.07 Å². The quantitative estimate of drug-likeness (QED) is 0.474. The highest BCUT2D eigenvalue weighted by Crippen LogP contribution is 2.31.